The summed E-state index contributed by atoms with van der Waals surface area (Å²) in [6.45, 7) is 11.5. The van der Waals surface area contributed by atoms with Gasteiger partial charge in [-0.05, 0) is 31.0 Å². The average Bonchev–Trinajstić information content (AvgIpc) is 3.13. The highest BCUT2D eigenvalue weighted by atomic mass is 16.2. The molecule has 168 valence electrons. The van der Waals surface area contributed by atoms with Crippen molar-refractivity contribution in [1.82, 2.24) is 19.3 Å². The van der Waals surface area contributed by atoms with Crippen molar-refractivity contribution in [3.63, 3.8) is 0 Å². The van der Waals surface area contributed by atoms with E-state index in [1.807, 2.05) is 0 Å². The zero-order chi connectivity index (χ0) is 22.1. The lowest BCUT2D eigenvalue weighted by molar-refractivity contribution is -0.133. The van der Waals surface area contributed by atoms with E-state index in [4.69, 9.17) is 0 Å². The van der Waals surface area contributed by atoms with E-state index < -0.39 is 0 Å². The number of fused-ring (bicyclic) bond motifs is 3. The lowest BCUT2D eigenvalue weighted by Crippen LogP contribution is -2.49. The number of carbonyl (C=O) groups excluding carboxylic acids is 1. The maximum absolute atomic E-state index is 13.3. The summed E-state index contributed by atoms with van der Waals surface area (Å²) in [7, 11) is 0. The first-order valence-electron chi connectivity index (χ1n) is 12.0. The molecular weight excluding hydrogens is 396 g/mol. The SMILES string of the molecule is CC(C)N1CCc2c(c3ccccc3n2CC(=O)N2CCN(Cc3ccccc3)CC2)C1. The quantitative estimate of drug-likeness (QED) is 0.618. The predicted molar refractivity (Wildman–Crippen MR) is 129 cm³/mol. The van der Waals surface area contributed by atoms with E-state index in [1.54, 1.807) is 0 Å². The molecule has 0 saturated carbocycles. The van der Waals surface area contributed by atoms with Crippen LogP contribution in [0.3, 0.4) is 0 Å². The van der Waals surface area contributed by atoms with Crippen LogP contribution >= 0.6 is 0 Å². The summed E-state index contributed by atoms with van der Waals surface area (Å²) in [5.74, 6) is 0.249. The molecule has 2 aromatic carbocycles. The van der Waals surface area contributed by atoms with E-state index in [0.29, 0.717) is 12.6 Å². The fraction of sp³-hybridized carbons (Fsp3) is 0.444. The summed E-state index contributed by atoms with van der Waals surface area (Å²) < 4.78 is 2.31. The van der Waals surface area contributed by atoms with Crippen LogP contribution in [0.25, 0.3) is 10.9 Å². The number of nitrogens with zero attached hydrogens (tertiary/aromatic N) is 4. The Balaban J connectivity index is 1.29. The molecule has 0 bridgehead atoms. The molecule has 3 heterocycles. The third-order valence-electron chi connectivity index (χ3n) is 7.19. The molecule has 2 aliphatic heterocycles. The predicted octanol–water partition coefficient (Wildman–Crippen LogP) is 3.75. The van der Waals surface area contributed by atoms with Crippen LogP contribution in [0.1, 0.15) is 30.7 Å². The van der Waals surface area contributed by atoms with Crippen LogP contribution in [0.15, 0.2) is 54.6 Å². The molecule has 5 heteroatoms. The van der Waals surface area contributed by atoms with Crippen LogP contribution in [0, 0.1) is 0 Å². The van der Waals surface area contributed by atoms with Crippen molar-refractivity contribution in [1.29, 1.82) is 0 Å². The summed E-state index contributed by atoms with van der Waals surface area (Å²) in [6, 6.07) is 19.8. The molecule has 5 nitrogen and oxygen atoms in total. The fourth-order valence-corrected chi connectivity index (χ4v) is 5.28. The van der Waals surface area contributed by atoms with E-state index in [-0.39, 0.29) is 5.91 Å². The molecular formula is C27H34N4O. The molecule has 1 aromatic heterocycles. The Morgan fingerprint density at radius 2 is 1.62 bits per heavy atom. The zero-order valence-electron chi connectivity index (χ0n) is 19.3. The molecule has 2 aliphatic rings. The molecule has 0 radical (unpaired) electrons. The Morgan fingerprint density at radius 1 is 0.906 bits per heavy atom. The Hall–Kier alpha value is -2.63. The van der Waals surface area contributed by atoms with E-state index in [1.165, 1.54) is 27.7 Å². The molecule has 0 atom stereocenters. The van der Waals surface area contributed by atoms with Gasteiger partial charge in [-0.15, -0.1) is 0 Å². The number of para-hydroxylation sites is 1. The maximum atomic E-state index is 13.3. The number of amides is 1. The Bertz CT molecular complexity index is 1080. The number of aromatic nitrogens is 1. The first-order valence-corrected chi connectivity index (χ1v) is 12.0. The number of hydrogen-bond acceptors (Lipinski definition) is 3. The minimum Gasteiger partial charge on any atom is -0.339 e. The normalized spacial score (nSPS) is 17.8. The fourth-order valence-electron chi connectivity index (χ4n) is 5.28. The summed E-state index contributed by atoms with van der Waals surface area (Å²) in [5.41, 5.74) is 5.33. The van der Waals surface area contributed by atoms with Crippen LogP contribution < -0.4 is 0 Å². The monoisotopic (exact) mass is 430 g/mol. The van der Waals surface area contributed by atoms with Crippen LogP contribution in [-0.2, 0) is 30.8 Å². The first-order chi connectivity index (χ1) is 15.6. The van der Waals surface area contributed by atoms with Crippen molar-refractivity contribution < 1.29 is 4.79 Å². The number of rotatable bonds is 5. The zero-order valence-corrected chi connectivity index (χ0v) is 19.3. The number of carbonyl (C=O) groups is 1. The van der Waals surface area contributed by atoms with E-state index in [9.17, 15) is 4.79 Å². The van der Waals surface area contributed by atoms with Crippen LogP contribution in [-0.4, -0.2) is 63.9 Å². The molecule has 1 fully saturated rings. The minimum absolute atomic E-state index is 0.249. The van der Waals surface area contributed by atoms with Gasteiger partial charge in [-0.3, -0.25) is 14.6 Å². The lowest BCUT2D eigenvalue weighted by Gasteiger charge is -2.35. The Morgan fingerprint density at radius 3 is 2.38 bits per heavy atom. The third kappa shape index (κ3) is 4.19. The molecule has 1 saturated heterocycles. The van der Waals surface area contributed by atoms with Gasteiger partial charge in [0.2, 0.25) is 5.91 Å². The van der Waals surface area contributed by atoms with Gasteiger partial charge in [0, 0.05) is 74.9 Å². The van der Waals surface area contributed by atoms with E-state index in [0.717, 1.165) is 52.2 Å². The van der Waals surface area contributed by atoms with E-state index >= 15 is 0 Å². The van der Waals surface area contributed by atoms with E-state index in [2.05, 4.69) is 87.7 Å². The molecule has 0 spiro atoms. The highest BCUT2D eigenvalue weighted by Crippen LogP contribution is 2.31. The lowest BCUT2D eigenvalue weighted by atomic mass is 10.0. The molecule has 32 heavy (non-hydrogen) atoms. The van der Waals surface area contributed by atoms with Crippen molar-refractivity contribution in [2.45, 2.75) is 45.9 Å². The van der Waals surface area contributed by atoms with Crippen LogP contribution in [0.5, 0.6) is 0 Å². The van der Waals surface area contributed by atoms with Crippen molar-refractivity contribution >= 4 is 16.8 Å². The third-order valence-corrected chi connectivity index (χ3v) is 7.19. The van der Waals surface area contributed by atoms with Gasteiger partial charge in [-0.1, -0.05) is 48.5 Å². The van der Waals surface area contributed by atoms with Crippen molar-refractivity contribution in [2.75, 3.05) is 32.7 Å². The number of benzene rings is 2. The molecule has 3 aromatic rings. The van der Waals surface area contributed by atoms with Crippen molar-refractivity contribution in [3.05, 3.63) is 71.4 Å². The summed E-state index contributed by atoms with van der Waals surface area (Å²) >= 11 is 0. The summed E-state index contributed by atoms with van der Waals surface area (Å²) in [6.07, 6.45) is 1.01. The Kier molecular flexibility index (Phi) is 6.03. The minimum atomic E-state index is 0.249. The summed E-state index contributed by atoms with van der Waals surface area (Å²) in [4.78, 5) is 20.4. The maximum Gasteiger partial charge on any atom is 0.242 e. The molecule has 5 rings (SSSR count). The van der Waals surface area contributed by atoms with Gasteiger partial charge >= 0.3 is 0 Å². The Labute approximate surface area is 191 Å². The van der Waals surface area contributed by atoms with Crippen LogP contribution in [0.2, 0.25) is 0 Å². The van der Waals surface area contributed by atoms with Crippen molar-refractivity contribution in [3.8, 4) is 0 Å². The molecule has 0 unspecified atom stereocenters. The number of piperazine rings is 1. The molecule has 1 amide bonds. The van der Waals surface area contributed by atoms with Gasteiger partial charge in [-0.2, -0.15) is 0 Å². The highest BCUT2D eigenvalue weighted by Gasteiger charge is 2.27. The standard InChI is InChI=1S/C27H34N4O/c1-21(2)30-13-12-26-24(19-30)23-10-6-7-11-25(23)31(26)20-27(32)29-16-14-28(15-17-29)18-22-8-4-3-5-9-22/h3-11,21H,12-20H2,1-2H3. The smallest absolute Gasteiger partial charge is 0.242 e. The summed E-state index contributed by atoms with van der Waals surface area (Å²) in [5, 5.41) is 1.31. The number of hydrogen-bond donors (Lipinski definition) is 0. The topological polar surface area (TPSA) is 31.7 Å². The highest BCUT2D eigenvalue weighted by molar-refractivity contribution is 5.88. The molecule has 0 N–H and O–H groups in total. The first kappa shape index (κ1) is 21.2. The van der Waals surface area contributed by atoms with Gasteiger partial charge in [0.25, 0.3) is 0 Å². The van der Waals surface area contributed by atoms with Gasteiger partial charge in [0.05, 0.1) is 0 Å². The molecule has 0 aliphatic carbocycles. The van der Waals surface area contributed by atoms with Gasteiger partial charge in [-0.25, -0.2) is 0 Å². The van der Waals surface area contributed by atoms with Crippen molar-refractivity contribution in [2.24, 2.45) is 0 Å². The second-order valence-corrected chi connectivity index (χ2v) is 9.49. The second-order valence-electron chi connectivity index (χ2n) is 9.49. The van der Waals surface area contributed by atoms with Gasteiger partial charge in [0.1, 0.15) is 6.54 Å². The van der Waals surface area contributed by atoms with Gasteiger partial charge < -0.3 is 9.47 Å². The largest absolute Gasteiger partial charge is 0.339 e. The average molecular weight is 431 g/mol. The van der Waals surface area contributed by atoms with Crippen LogP contribution in [0.4, 0.5) is 0 Å². The second kappa shape index (κ2) is 9.08. The van der Waals surface area contributed by atoms with Gasteiger partial charge in [0.15, 0.2) is 0 Å².